The molecule has 0 nitrogen and oxygen atoms in total. The fourth-order valence-corrected chi connectivity index (χ4v) is 2.08. The Morgan fingerprint density at radius 1 is 1.13 bits per heavy atom. The Bertz CT molecular complexity index is 381. The number of hydrogen-bond donors (Lipinski definition) is 0. The average Bonchev–Trinajstić information content (AvgIpc) is 2.22. The van der Waals surface area contributed by atoms with Crippen molar-refractivity contribution < 1.29 is 0 Å². The summed E-state index contributed by atoms with van der Waals surface area (Å²) in [7, 11) is 0. The minimum absolute atomic E-state index is 0.310. The zero-order valence-electron chi connectivity index (χ0n) is 9.53. The highest BCUT2D eigenvalue weighted by Gasteiger charge is 2.20. The molecule has 78 valence electrons. The summed E-state index contributed by atoms with van der Waals surface area (Å²) < 4.78 is 0. The normalized spacial score (nSPS) is 24.4. The van der Waals surface area contributed by atoms with Gasteiger partial charge in [-0.2, -0.15) is 0 Å². The van der Waals surface area contributed by atoms with Gasteiger partial charge in [-0.3, -0.25) is 0 Å². The first-order valence-corrected chi connectivity index (χ1v) is 5.58. The number of allylic oxidation sites excluding steroid dienone is 4. The fraction of sp³-hybridized carbons (Fsp3) is 0.333. The van der Waals surface area contributed by atoms with Crippen LogP contribution in [-0.2, 0) is 6.42 Å². The van der Waals surface area contributed by atoms with E-state index in [9.17, 15) is 0 Å². The predicted octanol–water partition coefficient (Wildman–Crippen LogP) is 4.06. The summed E-state index contributed by atoms with van der Waals surface area (Å²) in [5, 5.41) is 0. The molecule has 0 saturated heterocycles. The summed E-state index contributed by atoms with van der Waals surface area (Å²) in [6.45, 7) is 4.46. The average molecular weight is 198 g/mol. The van der Waals surface area contributed by atoms with Crippen LogP contribution in [0.4, 0.5) is 0 Å². The number of rotatable bonds is 2. The Kier molecular flexibility index (Phi) is 2.77. The van der Waals surface area contributed by atoms with Gasteiger partial charge in [0.15, 0.2) is 0 Å². The van der Waals surface area contributed by atoms with E-state index in [4.69, 9.17) is 0 Å². The van der Waals surface area contributed by atoms with E-state index in [1.54, 1.807) is 0 Å². The molecular weight excluding hydrogens is 180 g/mol. The van der Waals surface area contributed by atoms with Crippen LogP contribution in [0.25, 0.3) is 0 Å². The third kappa shape index (κ3) is 2.59. The van der Waals surface area contributed by atoms with Gasteiger partial charge in [-0.05, 0) is 30.7 Å². The second-order valence-electron chi connectivity index (χ2n) is 4.81. The first-order chi connectivity index (χ1) is 7.18. The lowest BCUT2D eigenvalue weighted by atomic mass is 9.78. The van der Waals surface area contributed by atoms with Crippen molar-refractivity contribution >= 4 is 0 Å². The first-order valence-electron chi connectivity index (χ1n) is 5.58. The topological polar surface area (TPSA) is 0 Å². The molecule has 1 aliphatic rings. The molecule has 2 rings (SSSR count). The number of benzene rings is 1. The smallest absolute Gasteiger partial charge is 0.00685 e. The highest BCUT2D eigenvalue weighted by Crippen LogP contribution is 2.31. The van der Waals surface area contributed by atoms with Gasteiger partial charge in [0.2, 0.25) is 0 Å². The highest BCUT2D eigenvalue weighted by molar-refractivity contribution is 5.25. The van der Waals surface area contributed by atoms with E-state index in [0.717, 1.165) is 12.8 Å². The molecule has 0 aliphatic heterocycles. The molecule has 1 aliphatic carbocycles. The van der Waals surface area contributed by atoms with Crippen molar-refractivity contribution in [3.05, 3.63) is 59.7 Å². The van der Waals surface area contributed by atoms with Crippen molar-refractivity contribution in [1.82, 2.24) is 0 Å². The third-order valence-electron chi connectivity index (χ3n) is 3.06. The van der Waals surface area contributed by atoms with Crippen molar-refractivity contribution in [2.75, 3.05) is 0 Å². The number of aryl methyl sites for hydroxylation is 1. The van der Waals surface area contributed by atoms with Crippen molar-refractivity contribution in [2.45, 2.75) is 26.7 Å². The van der Waals surface area contributed by atoms with E-state index in [-0.39, 0.29) is 0 Å². The van der Waals surface area contributed by atoms with E-state index < -0.39 is 0 Å². The minimum atomic E-state index is 0.310. The largest absolute Gasteiger partial charge is 0.0837 e. The van der Waals surface area contributed by atoms with Gasteiger partial charge in [-0.1, -0.05) is 61.1 Å². The maximum atomic E-state index is 2.33. The van der Waals surface area contributed by atoms with Crippen LogP contribution < -0.4 is 0 Å². The van der Waals surface area contributed by atoms with Gasteiger partial charge >= 0.3 is 0 Å². The van der Waals surface area contributed by atoms with Crippen LogP contribution >= 0.6 is 0 Å². The molecule has 0 heteroatoms. The maximum Gasteiger partial charge on any atom is -0.00685 e. The Balaban J connectivity index is 2.11. The molecule has 1 aromatic rings. The van der Waals surface area contributed by atoms with Crippen LogP contribution in [0.2, 0.25) is 0 Å². The van der Waals surface area contributed by atoms with Crippen molar-refractivity contribution in [1.29, 1.82) is 0 Å². The number of hydrogen-bond acceptors (Lipinski definition) is 0. The van der Waals surface area contributed by atoms with E-state index in [1.807, 2.05) is 0 Å². The van der Waals surface area contributed by atoms with Crippen LogP contribution in [0.3, 0.4) is 0 Å². The molecule has 1 unspecified atom stereocenters. The zero-order valence-corrected chi connectivity index (χ0v) is 9.53. The molecule has 0 fully saturated rings. The standard InChI is InChI=1S/C15H18/c1-13-6-8-14(9-7-13)12-15(2)10-4-3-5-11-15/h3-10H,11-12H2,1-2H3. The molecule has 0 N–H and O–H groups in total. The maximum absolute atomic E-state index is 2.33. The van der Waals surface area contributed by atoms with Crippen LogP contribution in [0, 0.1) is 12.3 Å². The lowest BCUT2D eigenvalue weighted by Crippen LogP contribution is -2.17. The van der Waals surface area contributed by atoms with Crippen LogP contribution in [0.15, 0.2) is 48.6 Å². The van der Waals surface area contributed by atoms with Crippen LogP contribution in [0.5, 0.6) is 0 Å². The van der Waals surface area contributed by atoms with Crippen molar-refractivity contribution in [2.24, 2.45) is 5.41 Å². The lowest BCUT2D eigenvalue weighted by molar-refractivity contribution is 0.427. The van der Waals surface area contributed by atoms with Crippen LogP contribution in [-0.4, -0.2) is 0 Å². The molecule has 0 spiro atoms. The minimum Gasteiger partial charge on any atom is -0.0837 e. The molecule has 0 saturated carbocycles. The molecule has 0 aromatic heterocycles. The summed E-state index contributed by atoms with van der Waals surface area (Å²) in [6, 6.07) is 8.88. The van der Waals surface area contributed by atoms with Gasteiger partial charge in [0.1, 0.15) is 0 Å². The molecular formula is C15H18. The molecule has 1 atom stereocenters. The van der Waals surface area contributed by atoms with Crippen LogP contribution in [0.1, 0.15) is 24.5 Å². The Hall–Kier alpha value is -1.30. The molecule has 0 amide bonds. The second kappa shape index (κ2) is 4.06. The van der Waals surface area contributed by atoms with E-state index in [2.05, 4.69) is 62.4 Å². The van der Waals surface area contributed by atoms with Crippen molar-refractivity contribution in [3.8, 4) is 0 Å². The monoisotopic (exact) mass is 198 g/mol. The van der Waals surface area contributed by atoms with Gasteiger partial charge < -0.3 is 0 Å². The van der Waals surface area contributed by atoms with E-state index in [0.29, 0.717) is 5.41 Å². The highest BCUT2D eigenvalue weighted by atomic mass is 14.2. The zero-order chi connectivity index (χ0) is 10.7. The van der Waals surface area contributed by atoms with Gasteiger partial charge in [0.05, 0.1) is 0 Å². The Morgan fingerprint density at radius 3 is 2.47 bits per heavy atom. The van der Waals surface area contributed by atoms with Gasteiger partial charge in [-0.25, -0.2) is 0 Å². The second-order valence-corrected chi connectivity index (χ2v) is 4.81. The summed E-state index contributed by atoms with van der Waals surface area (Å²) in [4.78, 5) is 0. The first kappa shape index (κ1) is 10.2. The summed E-state index contributed by atoms with van der Waals surface area (Å²) in [6.07, 6.45) is 11.2. The Labute approximate surface area is 92.3 Å². The quantitative estimate of drug-likeness (QED) is 0.672. The van der Waals surface area contributed by atoms with Gasteiger partial charge in [0, 0.05) is 0 Å². The molecule has 0 heterocycles. The summed E-state index contributed by atoms with van der Waals surface area (Å²) >= 11 is 0. The molecule has 1 aromatic carbocycles. The van der Waals surface area contributed by atoms with Crippen molar-refractivity contribution in [3.63, 3.8) is 0 Å². The van der Waals surface area contributed by atoms with E-state index in [1.165, 1.54) is 11.1 Å². The SMILES string of the molecule is Cc1ccc(CC2(C)C=CC=CC2)cc1. The molecule has 15 heavy (non-hydrogen) atoms. The molecule has 0 bridgehead atoms. The Morgan fingerprint density at radius 2 is 1.87 bits per heavy atom. The molecule has 0 radical (unpaired) electrons. The summed E-state index contributed by atoms with van der Waals surface area (Å²) in [5.74, 6) is 0. The van der Waals surface area contributed by atoms with E-state index >= 15 is 0 Å². The van der Waals surface area contributed by atoms with Gasteiger partial charge in [0.25, 0.3) is 0 Å². The predicted molar refractivity (Wildman–Crippen MR) is 65.9 cm³/mol. The fourth-order valence-electron chi connectivity index (χ4n) is 2.08. The third-order valence-corrected chi connectivity index (χ3v) is 3.06. The summed E-state index contributed by atoms with van der Waals surface area (Å²) in [5.41, 5.74) is 3.08. The van der Waals surface area contributed by atoms with Gasteiger partial charge in [-0.15, -0.1) is 0 Å². The lowest BCUT2D eigenvalue weighted by Gasteiger charge is -2.26.